The fraction of sp³-hybridized carbons (Fsp3) is 0.435. The molecule has 2 aliphatic heterocycles. The fourth-order valence-electron chi connectivity index (χ4n) is 3.92. The molecule has 2 aromatic carbocycles. The van der Waals surface area contributed by atoms with Crippen molar-refractivity contribution in [3.05, 3.63) is 54.1 Å². The minimum Gasteiger partial charge on any atom is -0.493 e. The van der Waals surface area contributed by atoms with Gasteiger partial charge in [0, 0.05) is 42.5 Å². The second-order valence-electron chi connectivity index (χ2n) is 7.62. The smallest absolute Gasteiger partial charge is 0.223 e. The van der Waals surface area contributed by atoms with Crippen LogP contribution in [0.15, 0.2) is 53.4 Å². The number of ether oxygens (including phenoxy) is 3. The highest BCUT2D eigenvalue weighted by Gasteiger charge is 2.31. The van der Waals surface area contributed by atoms with Gasteiger partial charge >= 0.3 is 0 Å². The van der Waals surface area contributed by atoms with Crippen LogP contribution < -0.4 is 9.47 Å². The van der Waals surface area contributed by atoms with Crippen molar-refractivity contribution in [2.45, 2.75) is 29.8 Å². The van der Waals surface area contributed by atoms with Crippen LogP contribution in [0.3, 0.4) is 0 Å². The monoisotopic (exact) mass is 429 g/mol. The van der Waals surface area contributed by atoms with Gasteiger partial charge in [-0.05, 0) is 29.8 Å². The molecule has 2 fully saturated rings. The summed E-state index contributed by atoms with van der Waals surface area (Å²) in [5, 5.41) is 0. The van der Waals surface area contributed by atoms with Gasteiger partial charge in [0.1, 0.15) is 6.10 Å². The predicted octanol–water partition coefficient (Wildman–Crippen LogP) is 2.99. The van der Waals surface area contributed by atoms with Crippen LogP contribution in [0.1, 0.15) is 24.3 Å². The Kier molecular flexibility index (Phi) is 6.69. The third-order valence-electron chi connectivity index (χ3n) is 5.61. The molecule has 160 valence electrons. The van der Waals surface area contributed by atoms with Crippen LogP contribution >= 0.6 is 0 Å². The number of hydrogen-bond acceptors (Lipinski definition) is 5. The van der Waals surface area contributed by atoms with Crippen molar-refractivity contribution in [1.82, 2.24) is 4.90 Å². The quantitative estimate of drug-likeness (QED) is 0.646. The number of hydrogen-bond donors (Lipinski definition) is 0. The summed E-state index contributed by atoms with van der Waals surface area (Å²) in [5.74, 6) is 2.02. The highest BCUT2D eigenvalue weighted by Crippen LogP contribution is 2.36. The van der Waals surface area contributed by atoms with E-state index in [9.17, 15) is 9.00 Å². The summed E-state index contributed by atoms with van der Waals surface area (Å²) >= 11 is 0. The number of nitrogens with zero attached hydrogens (tertiary/aromatic N) is 1. The molecule has 2 unspecified atom stereocenters. The van der Waals surface area contributed by atoms with Crippen molar-refractivity contribution in [3.63, 3.8) is 0 Å². The Morgan fingerprint density at radius 1 is 1.17 bits per heavy atom. The summed E-state index contributed by atoms with van der Waals surface area (Å²) in [5.41, 5.74) is 1.06. The van der Waals surface area contributed by atoms with E-state index in [2.05, 4.69) is 0 Å². The van der Waals surface area contributed by atoms with Gasteiger partial charge in [-0.2, -0.15) is 0 Å². The lowest BCUT2D eigenvalue weighted by Crippen LogP contribution is -2.29. The molecule has 6 nitrogen and oxygen atoms in total. The van der Waals surface area contributed by atoms with Crippen LogP contribution in [-0.2, 0) is 20.3 Å². The second kappa shape index (κ2) is 9.62. The third-order valence-corrected chi connectivity index (χ3v) is 6.96. The Bertz CT molecular complexity index is 898. The van der Waals surface area contributed by atoms with Crippen molar-refractivity contribution in [3.8, 4) is 11.5 Å². The van der Waals surface area contributed by atoms with Gasteiger partial charge in [0.05, 0.1) is 31.1 Å². The maximum Gasteiger partial charge on any atom is 0.223 e. The Morgan fingerprint density at radius 2 is 2.00 bits per heavy atom. The molecule has 7 heteroatoms. The summed E-state index contributed by atoms with van der Waals surface area (Å²) in [6.45, 7) is 2.42. The van der Waals surface area contributed by atoms with Gasteiger partial charge in [-0.15, -0.1) is 0 Å². The maximum absolute atomic E-state index is 12.5. The Labute approximate surface area is 179 Å². The zero-order chi connectivity index (χ0) is 20.9. The van der Waals surface area contributed by atoms with Crippen molar-refractivity contribution in [2.75, 3.05) is 39.2 Å². The number of carbonyl (C=O) groups is 1. The van der Waals surface area contributed by atoms with Gasteiger partial charge in [0.15, 0.2) is 11.5 Å². The van der Waals surface area contributed by atoms with Crippen LogP contribution in [0.2, 0.25) is 0 Å². The van der Waals surface area contributed by atoms with Gasteiger partial charge < -0.3 is 19.1 Å². The van der Waals surface area contributed by atoms with E-state index in [0.29, 0.717) is 50.0 Å². The largest absolute Gasteiger partial charge is 0.493 e. The van der Waals surface area contributed by atoms with Crippen molar-refractivity contribution < 1.29 is 23.2 Å². The molecule has 30 heavy (non-hydrogen) atoms. The molecule has 0 N–H and O–H groups in total. The van der Waals surface area contributed by atoms with Crippen molar-refractivity contribution in [2.24, 2.45) is 0 Å². The molecule has 2 saturated heterocycles. The molecule has 2 aliphatic rings. The standard InChI is InChI=1S/C23H27NO5S/c1-27-21-8-7-17(13-22(21)29-19-9-11-28-16-19)18-14-23(25)24(15-18)10-12-30(26)20-5-3-2-4-6-20/h2-8,13,18-19H,9-12,14-16H2,1H3/t18-,19?,30?/m1/s1. The summed E-state index contributed by atoms with van der Waals surface area (Å²) in [6.07, 6.45) is 1.35. The lowest BCUT2D eigenvalue weighted by molar-refractivity contribution is -0.127. The molecule has 0 bridgehead atoms. The predicted molar refractivity (Wildman–Crippen MR) is 115 cm³/mol. The lowest BCUT2D eigenvalue weighted by atomic mass is 9.98. The number of likely N-dealkylation sites (tertiary alicyclic amines) is 1. The van der Waals surface area contributed by atoms with Gasteiger partial charge in [0.25, 0.3) is 0 Å². The summed E-state index contributed by atoms with van der Waals surface area (Å²) in [4.78, 5) is 15.2. The zero-order valence-corrected chi connectivity index (χ0v) is 17.9. The van der Waals surface area contributed by atoms with Gasteiger partial charge in [-0.3, -0.25) is 9.00 Å². The summed E-state index contributed by atoms with van der Waals surface area (Å²) < 4.78 is 29.4. The zero-order valence-electron chi connectivity index (χ0n) is 17.1. The first kappa shape index (κ1) is 20.9. The van der Waals surface area contributed by atoms with E-state index in [4.69, 9.17) is 14.2 Å². The number of amides is 1. The molecule has 2 heterocycles. The molecule has 4 rings (SSSR count). The number of methoxy groups -OCH3 is 1. The highest BCUT2D eigenvalue weighted by atomic mass is 32.2. The topological polar surface area (TPSA) is 65.1 Å². The van der Waals surface area contributed by atoms with Crippen LogP contribution in [0.4, 0.5) is 0 Å². The van der Waals surface area contributed by atoms with E-state index in [1.807, 2.05) is 53.4 Å². The molecular weight excluding hydrogens is 402 g/mol. The van der Waals surface area contributed by atoms with Crippen molar-refractivity contribution in [1.29, 1.82) is 0 Å². The first-order valence-corrected chi connectivity index (χ1v) is 11.6. The SMILES string of the molecule is COc1ccc([C@@H]2CC(=O)N(CCS(=O)c3ccccc3)C2)cc1OC1CCOC1. The molecule has 3 atom stereocenters. The van der Waals surface area contributed by atoms with Gasteiger partial charge in [-0.1, -0.05) is 24.3 Å². The molecule has 1 amide bonds. The third kappa shape index (κ3) is 4.84. The first-order valence-electron chi connectivity index (χ1n) is 10.3. The van der Waals surface area contributed by atoms with E-state index in [-0.39, 0.29) is 17.9 Å². The molecule has 0 aliphatic carbocycles. The average Bonchev–Trinajstić information content (AvgIpc) is 3.42. The summed E-state index contributed by atoms with van der Waals surface area (Å²) in [7, 11) is 0.522. The minimum atomic E-state index is -1.10. The molecular formula is C23H27NO5S. The molecule has 0 spiro atoms. The van der Waals surface area contributed by atoms with Crippen LogP contribution in [0.25, 0.3) is 0 Å². The highest BCUT2D eigenvalue weighted by molar-refractivity contribution is 7.85. The molecule has 2 aromatic rings. The van der Waals surface area contributed by atoms with E-state index in [1.54, 1.807) is 7.11 Å². The van der Waals surface area contributed by atoms with Crippen LogP contribution in [-0.4, -0.2) is 60.3 Å². The number of rotatable bonds is 8. The molecule has 0 aromatic heterocycles. The Hall–Kier alpha value is -2.38. The normalized spacial score (nSPS) is 22.3. The van der Waals surface area contributed by atoms with Crippen LogP contribution in [0, 0.1) is 0 Å². The average molecular weight is 430 g/mol. The molecule has 0 radical (unpaired) electrons. The fourth-order valence-corrected chi connectivity index (χ4v) is 5.00. The van der Waals surface area contributed by atoms with E-state index in [1.165, 1.54) is 0 Å². The Balaban J connectivity index is 1.40. The number of benzene rings is 2. The van der Waals surface area contributed by atoms with Gasteiger partial charge in [0.2, 0.25) is 5.91 Å². The van der Waals surface area contributed by atoms with E-state index >= 15 is 0 Å². The van der Waals surface area contributed by atoms with Crippen molar-refractivity contribution >= 4 is 16.7 Å². The lowest BCUT2D eigenvalue weighted by Gasteiger charge is -2.19. The van der Waals surface area contributed by atoms with Crippen LogP contribution in [0.5, 0.6) is 11.5 Å². The second-order valence-corrected chi connectivity index (χ2v) is 9.19. The summed E-state index contributed by atoms with van der Waals surface area (Å²) in [6, 6.07) is 15.3. The first-order chi connectivity index (χ1) is 14.6. The maximum atomic E-state index is 12.5. The Morgan fingerprint density at radius 3 is 2.73 bits per heavy atom. The van der Waals surface area contributed by atoms with E-state index < -0.39 is 10.8 Å². The number of carbonyl (C=O) groups excluding carboxylic acids is 1. The minimum absolute atomic E-state index is 0.0313. The van der Waals surface area contributed by atoms with E-state index in [0.717, 1.165) is 16.9 Å². The molecule has 0 saturated carbocycles. The van der Waals surface area contributed by atoms with Gasteiger partial charge in [-0.25, -0.2) is 0 Å².